The van der Waals surface area contributed by atoms with Gasteiger partial charge >= 0.3 is 0 Å². The van der Waals surface area contributed by atoms with E-state index in [1.165, 1.54) is 13.2 Å². The monoisotopic (exact) mass is 381 g/mol. The molecule has 0 saturated heterocycles. The van der Waals surface area contributed by atoms with E-state index in [0.29, 0.717) is 23.6 Å². The predicted molar refractivity (Wildman–Crippen MR) is 101 cm³/mol. The maximum atomic E-state index is 13.3. The van der Waals surface area contributed by atoms with Crippen molar-refractivity contribution in [1.29, 1.82) is 0 Å². The zero-order valence-corrected chi connectivity index (χ0v) is 15.7. The molecule has 0 aliphatic carbocycles. The molecule has 0 saturated carbocycles. The molecule has 0 fully saturated rings. The molecule has 0 bridgehead atoms. The smallest absolute Gasteiger partial charge is 0.267 e. The normalized spacial score (nSPS) is 10.5. The van der Waals surface area contributed by atoms with Gasteiger partial charge in [-0.1, -0.05) is 17.7 Å². The second kappa shape index (κ2) is 9.33. The van der Waals surface area contributed by atoms with Crippen LogP contribution in [0.15, 0.2) is 36.4 Å². The molecule has 26 heavy (non-hydrogen) atoms. The number of rotatable bonds is 7. The third-order valence-corrected chi connectivity index (χ3v) is 3.90. The quantitative estimate of drug-likeness (QED) is 0.663. The number of halogens is 2. The van der Waals surface area contributed by atoms with E-state index in [1.54, 1.807) is 37.3 Å². The van der Waals surface area contributed by atoms with Crippen molar-refractivity contribution in [3.63, 3.8) is 0 Å². The lowest BCUT2D eigenvalue weighted by Crippen LogP contribution is -2.14. The summed E-state index contributed by atoms with van der Waals surface area (Å²) in [5, 5.41) is 3.13. The molecule has 2 aromatic carbocycles. The van der Waals surface area contributed by atoms with Gasteiger partial charge in [0.1, 0.15) is 18.1 Å². The van der Waals surface area contributed by atoms with Crippen LogP contribution in [-0.4, -0.2) is 18.9 Å². The summed E-state index contributed by atoms with van der Waals surface area (Å²) in [6.07, 6.45) is -2.62. The molecule has 2 aromatic rings. The maximum Gasteiger partial charge on any atom is 0.267 e. The lowest BCUT2D eigenvalue weighted by molar-refractivity contribution is 0.144. The summed E-state index contributed by atoms with van der Waals surface area (Å²) in [6, 6.07) is 10.1. The van der Waals surface area contributed by atoms with E-state index in [0.717, 1.165) is 5.56 Å². The highest BCUT2D eigenvalue weighted by Gasteiger charge is 2.17. The van der Waals surface area contributed by atoms with E-state index in [1.807, 2.05) is 6.92 Å². The molecule has 0 heterocycles. The van der Waals surface area contributed by atoms with Gasteiger partial charge in [0.25, 0.3) is 11.6 Å². The maximum absolute atomic E-state index is 13.3. The number of thiocarbonyl (C=S) groups is 1. The first kappa shape index (κ1) is 19.9. The zero-order chi connectivity index (χ0) is 19.1. The number of alkyl halides is 2. The van der Waals surface area contributed by atoms with Crippen LogP contribution in [0.3, 0.4) is 0 Å². The van der Waals surface area contributed by atoms with E-state index >= 15 is 0 Å². The van der Waals surface area contributed by atoms with Crippen LogP contribution in [0.5, 0.6) is 11.5 Å². The van der Waals surface area contributed by atoms with Crippen LogP contribution in [0.25, 0.3) is 0 Å². The Morgan fingerprint density at radius 3 is 2.58 bits per heavy atom. The average Bonchev–Trinajstić information content (AvgIpc) is 2.62. The van der Waals surface area contributed by atoms with Crippen molar-refractivity contribution >= 4 is 23.1 Å². The summed E-state index contributed by atoms with van der Waals surface area (Å²) in [5.74, 6) is 0.722. The number of ether oxygens (including phenoxy) is 3. The molecular formula is C19H21F2NO3S. The van der Waals surface area contributed by atoms with Gasteiger partial charge < -0.3 is 19.5 Å². The topological polar surface area (TPSA) is 39.7 Å². The standard InChI is InChI=1S/C19H21F2NO3S/c1-4-24-16-7-5-6-15(22-19(26)23-3)14(16)11-25-17-9-8-12(2)10-13(17)18(20)21/h5-10,18H,4,11H2,1-3H3,(H,22,26). The van der Waals surface area contributed by atoms with Gasteiger partial charge in [0.05, 0.1) is 30.5 Å². The molecule has 140 valence electrons. The Hall–Kier alpha value is -2.41. The molecule has 2 rings (SSSR count). The Bertz CT molecular complexity index is 768. The molecular weight excluding hydrogens is 360 g/mol. The molecule has 1 N–H and O–H groups in total. The first-order valence-electron chi connectivity index (χ1n) is 8.07. The minimum atomic E-state index is -2.62. The molecule has 0 aliphatic heterocycles. The number of benzene rings is 2. The van der Waals surface area contributed by atoms with Crippen molar-refractivity contribution in [2.24, 2.45) is 0 Å². The fraction of sp³-hybridized carbons (Fsp3) is 0.316. The predicted octanol–water partition coefficient (Wildman–Crippen LogP) is 5.25. The van der Waals surface area contributed by atoms with Gasteiger partial charge in [-0.15, -0.1) is 0 Å². The Labute approximate surface area is 157 Å². The summed E-state index contributed by atoms with van der Waals surface area (Å²) < 4.78 is 42.9. The summed E-state index contributed by atoms with van der Waals surface area (Å²) in [4.78, 5) is 0. The second-order valence-corrected chi connectivity index (χ2v) is 5.83. The van der Waals surface area contributed by atoms with Crippen LogP contribution in [-0.2, 0) is 11.3 Å². The van der Waals surface area contributed by atoms with Gasteiger partial charge in [0, 0.05) is 0 Å². The van der Waals surface area contributed by atoms with Crippen molar-refractivity contribution in [3.05, 3.63) is 53.1 Å². The SMILES string of the molecule is CCOc1cccc(NC(=S)OC)c1COc1ccc(C)cc1C(F)F. The highest BCUT2D eigenvalue weighted by atomic mass is 32.1. The first-order valence-corrected chi connectivity index (χ1v) is 8.48. The lowest BCUT2D eigenvalue weighted by atomic mass is 10.1. The van der Waals surface area contributed by atoms with Gasteiger partial charge in [0.2, 0.25) is 0 Å². The number of hydrogen-bond donors (Lipinski definition) is 1. The Kier molecular flexibility index (Phi) is 7.15. The Morgan fingerprint density at radius 2 is 1.92 bits per heavy atom. The van der Waals surface area contributed by atoms with Gasteiger partial charge in [0.15, 0.2) is 0 Å². The number of hydrogen-bond acceptors (Lipinski definition) is 4. The largest absolute Gasteiger partial charge is 0.493 e. The van der Waals surface area contributed by atoms with Gasteiger partial charge in [-0.05, 0) is 50.3 Å². The molecule has 7 heteroatoms. The molecule has 0 aliphatic rings. The van der Waals surface area contributed by atoms with Crippen LogP contribution in [0.4, 0.5) is 14.5 Å². The van der Waals surface area contributed by atoms with Crippen molar-refractivity contribution < 1.29 is 23.0 Å². The summed E-state index contributed by atoms with van der Waals surface area (Å²) in [7, 11) is 1.46. The average molecular weight is 381 g/mol. The number of methoxy groups -OCH3 is 1. The van der Waals surface area contributed by atoms with Gasteiger partial charge in [-0.25, -0.2) is 8.78 Å². The number of anilines is 1. The molecule has 0 atom stereocenters. The van der Waals surface area contributed by atoms with Crippen LogP contribution < -0.4 is 14.8 Å². The highest BCUT2D eigenvalue weighted by Crippen LogP contribution is 2.33. The molecule has 0 aromatic heterocycles. The van der Waals surface area contributed by atoms with Crippen LogP contribution in [0.2, 0.25) is 0 Å². The zero-order valence-electron chi connectivity index (χ0n) is 14.8. The minimum absolute atomic E-state index is 0.0353. The molecule has 4 nitrogen and oxygen atoms in total. The minimum Gasteiger partial charge on any atom is -0.493 e. The summed E-state index contributed by atoms with van der Waals surface area (Å²) >= 11 is 5.04. The van der Waals surface area contributed by atoms with E-state index in [9.17, 15) is 8.78 Å². The third kappa shape index (κ3) is 5.05. The highest BCUT2D eigenvalue weighted by molar-refractivity contribution is 7.80. The van der Waals surface area contributed by atoms with Crippen LogP contribution in [0.1, 0.15) is 30.0 Å². The van der Waals surface area contributed by atoms with E-state index < -0.39 is 6.43 Å². The van der Waals surface area contributed by atoms with Crippen molar-refractivity contribution in [2.45, 2.75) is 26.9 Å². The molecule has 0 spiro atoms. The number of aryl methyl sites for hydroxylation is 1. The van der Waals surface area contributed by atoms with Crippen LogP contribution >= 0.6 is 12.2 Å². The third-order valence-electron chi connectivity index (χ3n) is 3.63. The molecule has 0 amide bonds. The van der Waals surface area contributed by atoms with Gasteiger partial charge in [-0.3, -0.25) is 0 Å². The molecule has 0 unspecified atom stereocenters. The summed E-state index contributed by atoms with van der Waals surface area (Å²) in [6.45, 7) is 4.11. The lowest BCUT2D eigenvalue weighted by Gasteiger charge is -2.18. The van der Waals surface area contributed by atoms with Crippen molar-refractivity contribution in [1.82, 2.24) is 0 Å². The van der Waals surface area contributed by atoms with Gasteiger partial charge in [-0.2, -0.15) is 0 Å². The Morgan fingerprint density at radius 1 is 1.15 bits per heavy atom. The fourth-order valence-electron chi connectivity index (χ4n) is 2.40. The summed E-state index contributed by atoms with van der Waals surface area (Å²) in [5.41, 5.74) is 1.90. The van der Waals surface area contributed by atoms with E-state index in [4.69, 9.17) is 26.4 Å². The fourth-order valence-corrected chi connectivity index (χ4v) is 2.51. The van der Waals surface area contributed by atoms with Crippen LogP contribution in [0, 0.1) is 6.92 Å². The second-order valence-electron chi connectivity index (χ2n) is 5.46. The molecule has 0 radical (unpaired) electrons. The first-order chi connectivity index (χ1) is 12.5. The van der Waals surface area contributed by atoms with E-state index in [-0.39, 0.29) is 23.1 Å². The van der Waals surface area contributed by atoms with E-state index in [2.05, 4.69) is 5.32 Å². The van der Waals surface area contributed by atoms with Crippen molar-refractivity contribution in [3.8, 4) is 11.5 Å². The number of nitrogens with one attached hydrogen (secondary N) is 1. The Balaban J connectivity index is 2.32. The van der Waals surface area contributed by atoms with Crippen molar-refractivity contribution in [2.75, 3.05) is 19.0 Å².